The number of carbonyl (C=O) groups excluding carboxylic acids is 1. The predicted octanol–water partition coefficient (Wildman–Crippen LogP) is 4.75. The highest BCUT2D eigenvalue weighted by Gasteiger charge is 2.59. The number of hydrogen-bond donors (Lipinski definition) is 6. The van der Waals surface area contributed by atoms with Crippen LogP contribution in [0.5, 0.6) is 0 Å². The summed E-state index contributed by atoms with van der Waals surface area (Å²) in [5, 5.41) is 53.9. The van der Waals surface area contributed by atoms with Crippen molar-refractivity contribution in [2.45, 2.75) is 156 Å². The van der Waals surface area contributed by atoms with Crippen LogP contribution >= 0.6 is 0 Å². The van der Waals surface area contributed by atoms with Gasteiger partial charge < -0.3 is 49.6 Å². The molecule has 0 aromatic rings. The molecule has 0 aromatic carbocycles. The second-order valence-electron chi connectivity index (χ2n) is 16.0. The first-order valence-electron chi connectivity index (χ1n) is 19.3. The number of ether oxygens (including phenoxy) is 3. The molecular weight excluding hydrogens is 628 g/mol. The molecule has 0 heterocycles. The smallest absolute Gasteiger partial charge is 0.285 e. The molecule has 0 aliphatic heterocycles. The van der Waals surface area contributed by atoms with Crippen LogP contribution < -0.4 is 0 Å². The van der Waals surface area contributed by atoms with Crippen LogP contribution in [0.15, 0.2) is 11.6 Å². The quantitative estimate of drug-likeness (QED) is 0.0709. The summed E-state index contributed by atoms with van der Waals surface area (Å²) >= 11 is 0. The summed E-state index contributed by atoms with van der Waals surface area (Å²) in [5.74, 6) is 3.47. The summed E-state index contributed by atoms with van der Waals surface area (Å²) in [5.41, 5.74) is 2.43. The Bertz CT molecular complexity index is 1020. The van der Waals surface area contributed by atoms with E-state index >= 15 is 0 Å². The van der Waals surface area contributed by atoms with Gasteiger partial charge in [-0.3, -0.25) is 0 Å². The van der Waals surface area contributed by atoms with Crippen LogP contribution in [-0.2, 0) is 19.0 Å². The molecule has 3 fully saturated rings. The zero-order valence-corrected chi connectivity index (χ0v) is 31.4. The molecule has 6 N–H and O–H groups in total. The second kappa shape index (κ2) is 18.7. The third-order valence-corrected chi connectivity index (χ3v) is 13.2. The van der Waals surface area contributed by atoms with Gasteiger partial charge in [0.2, 0.25) is 0 Å². The number of fused-ring (bicyclic) bond motifs is 5. The van der Waals surface area contributed by atoms with Gasteiger partial charge in [-0.1, -0.05) is 52.2 Å². The van der Waals surface area contributed by atoms with Gasteiger partial charge in [0.15, 0.2) is 6.29 Å². The number of aldehydes is 1. The Morgan fingerprint density at radius 2 is 1.53 bits per heavy atom. The standard InChI is InChI=1S/C33H58O4.C6H12O6/c1-8-35-33(36-9-2,37-10-3)24(5)13-11-12-23(4)28-16-17-29-27-15-14-25-22-26(34)18-20-31(25,6)30(27)19-21-32(28,29)7;7-1-3(9)5(11)6(12)4(10)2-8/h14,23-24,26-30,34H,8-13,15-22H2,1-7H3;1,3-6,8-12H,2H2. The van der Waals surface area contributed by atoms with E-state index < -0.39 is 37.0 Å². The minimum Gasteiger partial charge on any atom is -0.394 e. The van der Waals surface area contributed by atoms with Gasteiger partial charge in [0.05, 0.1) is 12.7 Å². The maximum absolute atomic E-state index is 10.3. The molecule has 10 nitrogen and oxygen atoms in total. The Morgan fingerprint density at radius 3 is 2.10 bits per heavy atom. The normalized spacial score (nSPS) is 34.9. The number of allylic oxidation sites excluding steroid dienone is 1. The molecule has 0 saturated heterocycles. The van der Waals surface area contributed by atoms with E-state index in [1.54, 1.807) is 5.57 Å². The summed E-state index contributed by atoms with van der Waals surface area (Å²) in [6.07, 6.45) is 9.18. The molecule has 0 amide bonds. The summed E-state index contributed by atoms with van der Waals surface area (Å²) in [4.78, 5) is 9.90. The Labute approximate surface area is 295 Å². The SMILES string of the molecule is CCOC(OCC)(OCC)C(C)CCCC(C)C1CCC2C3CC=C4CC(O)CCC4(C)C3CCC12C.O=CC(O)C(O)C(O)C(O)CO. The van der Waals surface area contributed by atoms with E-state index in [9.17, 15) is 9.90 Å². The molecule has 4 aliphatic carbocycles. The van der Waals surface area contributed by atoms with Gasteiger partial charge in [-0.25, -0.2) is 0 Å². The van der Waals surface area contributed by atoms with Crippen LogP contribution in [0.1, 0.15) is 119 Å². The van der Waals surface area contributed by atoms with Gasteiger partial charge in [0.25, 0.3) is 5.97 Å². The lowest BCUT2D eigenvalue weighted by Crippen LogP contribution is -2.50. The molecule has 0 spiro atoms. The maximum atomic E-state index is 10.3. The van der Waals surface area contributed by atoms with E-state index in [0.717, 1.165) is 48.9 Å². The fourth-order valence-corrected chi connectivity index (χ4v) is 10.5. The lowest BCUT2D eigenvalue weighted by molar-refractivity contribution is -0.400. The number of hydrogen-bond acceptors (Lipinski definition) is 10. The molecule has 13 atom stereocenters. The van der Waals surface area contributed by atoms with Gasteiger partial charge in [0, 0.05) is 25.7 Å². The van der Waals surface area contributed by atoms with Crippen LogP contribution in [0, 0.1) is 46.3 Å². The molecule has 4 aliphatic rings. The number of aliphatic hydroxyl groups excluding tert-OH is 6. The molecule has 0 aromatic heterocycles. The molecule has 13 unspecified atom stereocenters. The van der Waals surface area contributed by atoms with Crippen molar-refractivity contribution in [3.63, 3.8) is 0 Å². The van der Waals surface area contributed by atoms with Crippen LogP contribution in [0.25, 0.3) is 0 Å². The molecule has 3 saturated carbocycles. The second-order valence-corrected chi connectivity index (χ2v) is 16.0. The van der Waals surface area contributed by atoms with E-state index in [4.69, 9.17) is 39.7 Å². The highest BCUT2D eigenvalue weighted by atomic mass is 16.9. The highest BCUT2D eigenvalue weighted by Crippen LogP contribution is 2.67. The van der Waals surface area contributed by atoms with E-state index in [1.165, 1.54) is 51.4 Å². The van der Waals surface area contributed by atoms with Crippen LogP contribution in [0.3, 0.4) is 0 Å². The molecule has 49 heavy (non-hydrogen) atoms. The van der Waals surface area contributed by atoms with Crippen molar-refractivity contribution >= 4 is 6.29 Å². The number of carbonyl (C=O) groups is 1. The lowest BCUT2D eigenvalue weighted by Gasteiger charge is -2.58. The summed E-state index contributed by atoms with van der Waals surface area (Å²) in [6.45, 7) is 17.1. The van der Waals surface area contributed by atoms with Crippen molar-refractivity contribution in [1.82, 2.24) is 0 Å². The largest absolute Gasteiger partial charge is 0.394 e. The van der Waals surface area contributed by atoms with E-state index in [0.29, 0.717) is 30.7 Å². The Kier molecular flexibility index (Phi) is 16.2. The Morgan fingerprint density at radius 1 is 0.898 bits per heavy atom. The first-order chi connectivity index (χ1) is 23.2. The van der Waals surface area contributed by atoms with Gasteiger partial charge in [-0.15, -0.1) is 0 Å². The monoisotopic (exact) mass is 698 g/mol. The summed E-state index contributed by atoms with van der Waals surface area (Å²) < 4.78 is 18.2. The fourth-order valence-electron chi connectivity index (χ4n) is 10.5. The Hall–Kier alpha value is -0.950. The topological polar surface area (TPSA) is 166 Å². The minimum atomic E-state index is -1.79. The van der Waals surface area contributed by atoms with Crippen molar-refractivity contribution in [2.75, 3.05) is 26.4 Å². The molecule has 0 bridgehead atoms. The minimum absolute atomic E-state index is 0.0258. The summed E-state index contributed by atoms with van der Waals surface area (Å²) in [7, 11) is 0. The molecule has 10 heteroatoms. The van der Waals surface area contributed by atoms with Crippen molar-refractivity contribution < 1.29 is 49.6 Å². The summed E-state index contributed by atoms with van der Waals surface area (Å²) in [6, 6.07) is 0. The molecule has 286 valence electrons. The number of rotatable bonds is 17. The van der Waals surface area contributed by atoms with E-state index in [-0.39, 0.29) is 18.3 Å². The fraction of sp³-hybridized carbons (Fsp3) is 0.923. The predicted molar refractivity (Wildman–Crippen MR) is 188 cm³/mol. The van der Waals surface area contributed by atoms with Gasteiger partial charge in [0.1, 0.15) is 24.4 Å². The van der Waals surface area contributed by atoms with Crippen LogP contribution in [0.4, 0.5) is 0 Å². The molecular formula is C39H70O10. The van der Waals surface area contributed by atoms with Gasteiger partial charge >= 0.3 is 0 Å². The third-order valence-electron chi connectivity index (χ3n) is 13.2. The van der Waals surface area contributed by atoms with Crippen molar-refractivity contribution in [3.8, 4) is 0 Å². The Balaban J connectivity index is 0.000000463. The van der Waals surface area contributed by atoms with Crippen molar-refractivity contribution in [3.05, 3.63) is 11.6 Å². The van der Waals surface area contributed by atoms with E-state index in [1.807, 2.05) is 20.8 Å². The maximum Gasteiger partial charge on any atom is 0.285 e. The first kappa shape index (κ1) is 42.5. The van der Waals surface area contributed by atoms with Crippen LogP contribution in [-0.4, -0.2) is 99.8 Å². The number of aliphatic hydroxyl groups is 6. The highest BCUT2D eigenvalue weighted by molar-refractivity contribution is 5.56. The zero-order chi connectivity index (χ0) is 36.6. The molecule has 4 rings (SSSR count). The third kappa shape index (κ3) is 9.35. The average Bonchev–Trinajstić information content (AvgIpc) is 3.45. The average molecular weight is 699 g/mol. The van der Waals surface area contributed by atoms with Crippen molar-refractivity contribution in [2.24, 2.45) is 46.3 Å². The first-order valence-corrected chi connectivity index (χ1v) is 19.3. The van der Waals surface area contributed by atoms with Crippen LogP contribution in [0.2, 0.25) is 0 Å². The molecule has 0 radical (unpaired) electrons. The zero-order valence-electron chi connectivity index (χ0n) is 31.4. The lowest BCUT2D eigenvalue weighted by atomic mass is 9.47. The van der Waals surface area contributed by atoms with Gasteiger partial charge in [-0.2, -0.15) is 0 Å². The van der Waals surface area contributed by atoms with Crippen molar-refractivity contribution in [1.29, 1.82) is 0 Å². The van der Waals surface area contributed by atoms with E-state index in [2.05, 4.69) is 33.8 Å². The van der Waals surface area contributed by atoms with Gasteiger partial charge in [-0.05, 0) is 119 Å².